The van der Waals surface area contributed by atoms with Crippen molar-refractivity contribution in [2.24, 2.45) is 10.7 Å². The van der Waals surface area contributed by atoms with Crippen LogP contribution in [0.2, 0.25) is 5.02 Å². The number of nitrogens with two attached hydrogens (primary N) is 1. The Balaban J connectivity index is 1.74. The highest BCUT2D eigenvalue weighted by molar-refractivity contribution is 6.31. The van der Waals surface area contributed by atoms with Crippen LogP contribution in [0.1, 0.15) is 18.2 Å². The minimum absolute atomic E-state index is 0.298. The summed E-state index contributed by atoms with van der Waals surface area (Å²) in [4.78, 5) is 9.22. The maximum Gasteiger partial charge on any atom is 0.212 e. The van der Waals surface area contributed by atoms with Crippen LogP contribution in [0.4, 0.5) is 5.95 Å². The van der Waals surface area contributed by atoms with Crippen molar-refractivity contribution in [3.05, 3.63) is 47.0 Å². The number of nitrogens with one attached hydrogen (secondary N) is 1. The summed E-state index contributed by atoms with van der Waals surface area (Å²) in [6.07, 6.45) is 0.442. The summed E-state index contributed by atoms with van der Waals surface area (Å²) >= 11 is 6.42. The fourth-order valence-electron chi connectivity index (χ4n) is 3.32. The number of ether oxygens (including phenoxy) is 2. The van der Waals surface area contributed by atoms with Crippen LogP contribution in [-0.2, 0) is 0 Å². The highest BCUT2D eigenvalue weighted by Gasteiger charge is 2.28. The molecule has 2 aliphatic heterocycles. The van der Waals surface area contributed by atoms with E-state index in [4.69, 9.17) is 26.8 Å². The zero-order valence-corrected chi connectivity index (χ0v) is 14.5. The van der Waals surface area contributed by atoms with Crippen molar-refractivity contribution in [2.75, 3.05) is 18.5 Å². The average molecular weight is 370 g/mol. The van der Waals surface area contributed by atoms with Gasteiger partial charge >= 0.3 is 0 Å². The standard InChI is InChI=1S/C18H16ClN5O2/c19-11-5-2-1-4-10(11)16-22-17(20)23-18-21-12-8-14-15(9-13(12)24(16)18)26-7-3-6-25-14/h1-2,4-5,8-9,16H,3,6-7H2,(H3,20,21,22,23)/t16-/m0/s1. The lowest BCUT2D eigenvalue weighted by molar-refractivity contribution is 0.297. The molecule has 5 rings (SSSR count). The van der Waals surface area contributed by atoms with Crippen LogP contribution in [-0.4, -0.2) is 28.7 Å². The molecular formula is C18H16ClN5O2. The number of hydrogen-bond donors (Lipinski definition) is 2. The lowest BCUT2D eigenvalue weighted by Crippen LogP contribution is -2.31. The van der Waals surface area contributed by atoms with Crippen LogP contribution in [0.5, 0.6) is 11.5 Å². The lowest BCUT2D eigenvalue weighted by Gasteiger charge is -2.24. The van der Waals surface area contributed by atoms with Crippen molar-refractivity contribution < 1.29 is 9.47 Å². The molecule has 3 heterocycles. The van der Waals surface area contributed by atoms with Gasteiger partial charge in [0.2, 0.25) is 5.95 Å². The number of hydrogen-bond acceptors (Lipinski definition) is 6. The van der Waals surface area contributed by atoms with E-state index in [0.717, 1.165) is 23.0 Å². The van der Waals surface area contributed by atoms with Gasteiger partial charge in [-0.3, -0.25) is 9.88 Å². The topological polar surface area (TPSA) is 86.7 Å². The quantitative estimate of drug-likeness (QED) is 0.688. The van der Waals surface area contributed by atoms with Crippen molar-refractivity contribution in [1.82, 2.24) is 9.55 Å². The molecule has 0 spiro atoms. The number of fused-ring (bicyclic) bond motifs is 4. The zero-order chi connectivity index (χ0) is 17.7. The van der Waals surface area contributed by atoms with Crippen LogP contribution >= 0.6 is 11.6 Å². The van der Waals surface area contributed by atoms with E-state index in [1.54, 1.807) is 0 Å². The number of anilines is 1. The second kappa shape index (κ2) is 5.81. The molecular weight excluding hydrogens is 354 g/mol. The van der Waals surface area contributed by atoms with Gasteiger partial charge < -0.3 is 15.2 Å². The van der Waals surface area contributed by atoms with Crippen LogP contribution in [0.25, 0.3) is 11.0 Å². The number of imidazole rings is 1. The largest absolute Gasteiger partial charge is 0.489 e. The monoisotopic (exact) mass is 369 g/mol. The predicted molar refractivity (Wildman–Crippen MR) is 100 cm³/mol. The first-order chi connectivity index (χ1) is 12.7. The first-order valence-electron chi connectivity index (χ1n) is 8.37. The van der Waals surface area contributed by atoms with Crippen molar-refractivity contribution in [1.29, 1.82) is 0 Å². The number of aromatic nitrogens is 2. The number of aliphatic imine (C=N–C) groups is 1. The molecule has 2 aliphatic rings. The SMILES string of the molecule is NC1=N[C@H](c2ccccc2Cl)n2c(nc3cc4c(cc32)OCCCO4)N1. The van der Waals surface area contributed by atoms with E-state index < -0.39 is 6.17 Å². The summed E-state index contributed by atoms with van der Waals surface area (Å²) < 4.78 is 13.6. The van der Waals surface area contributed by atoms with E-state index in [9.17, 15) is 0 Å². The Bertz CT molecular complexity index is 1050. The number of benzene rings is 2. The third-order valence-corrected chi connectivity index (χ3v) is 4.83. The molecule has 0 aliphatic carbocycles. The molecule has 7 nitrogen and oxygen atoms in total. The number of rotatable bonds is 1. The molecule has 3 aromatic rings. The smallest absolute Gasteiger partial charge is 0.212 e. The third-order valence-electron chi connectivity index (χ3n) is 4.49. The molecule has 8 heteroatoms. The minimum Gasteiger partial charge on any atom is -0.489 e. The van der Waals surface area contributed by atoms with Gasteiger partial charge in [0.15, 0.2) is 23.6 Å². The van der Waals surface area contributed by atoms with Gasteiger partial charge in [0.1, 0.15) is 0 Å². The third kappa shape index (κ3) is 2.35. The maximum atomic E-state index is 6.42. The Kier molecular flexibility index (Phi) is 3.43. The van der Waals surface area contributed by atoms with E-state index in [0.29, 0.717) is 41.6 Å². The van der Waals surface area contributed by atoms with E-state index in [1.807, 2.05) is 41.0 Å². The molecule has 2 aromatic carbocycles. The van der Waals surface area contributed by atoms with E-state index in [1.165, 1.54) is 0 Å². The summed E-state index contributed by atoms with van der Waals surface area (Å²) in [6, 6.07) is 11.4. The number of nitrogens with zero attached hydrogens (tertiary/aromatic N) is 3. The summed E-state index contributed by atoms with van der Waals surface area (Å²) in [5.41, 5.74) is 8.49. The van der Waals surface area contributed by atoms with Gasteiger partial charge in [-0.1, -0.05) is 29.8 Å². The van der Waals surface area contributed by atoms with E-state index >= 15 is 0 Å². The van der Waals surface area contributed by atoms with Crippen molar-refractivity contribution in [3.63, 3.8) is 0 Å². The molecule has 0 unspecified atom stereocenters. The van der Waals surface area contributed by atoms with Crippen LogP contribution in [0.3, 0.4) is 0 Å². The second-order valence-corrected chi connectivity index (χ2v) is 6.59. The normalized spacial score (nSPS) is 18.7. The van der Waals surface area contributed by atoms with Gasteiger partial charge in [0.25, 0.3) is 0 Å². The minimum atomic E-state index is -0.408. The van der Waals surface area contributed by atoms with Crippen molar-refractivity contribution >= 4 is 34.5 Å². The molecule has 1 aromatic heterocycles. The summed E-state index contributed by atoms with van der Waals surface area (Å²) in [5.74, 6) is 2.32. The summed E-state index contributed by atoms with van der Waals surface area (Å²) in [7, 11) is 0. The summed E-state index contributed by atoms with van der Waals surface area (Å²) in [6.45, 7) is 1.25. The molecule has 0 bridgehead atoms. The van der Waals surface area contributed by atoms with Crippen LogP contribution < -0.4 is 20.5 Å². The molecule has 26 heavy (non-hydrogen) atoms. The zero-order valence-electron chi connectivity index (χ0n) is 13.8. The summed E-state index contributed by atoms with van der Waals surface area (Å²) in [5, 5.41) is 3.65. The van der Waals surface area contributed by atoms with Gasteiger partial charge in [-0.15, -0.1) is 0 Å². The highest BCUT2D eigenvalue weighted by atomic mass is 35.5. The molecule has 0 saturated heterocycles. The molecule has 0 amide bonds. The van der Waals surface area contributed by atoms with Gasteiger partial charge in [-0.25, -0.2) is 9.98 Å². The van der Waals surface area contributed by atoms with Gasteiger partial charge in [0.05, 0.1) is 24.2 Å². The molecule has 132 valence electrons. The van der Waals surface area contributed by atoms with E-state index in [-0.39, 0.29) is 0 Å². The first kappa shape index (κ1) is 15.3. The fourth-order valence-corrected chi connectivity index (χ4v) is 3.55. The number of halogens is 1. The fraction of sp³-hybridized carbons (Fsp3) is 0.222. The Morgan fingerprint density at radius 1 is 1.15 bits per heavy atom. The van der Waals surface area contributed by atoms with Crippen LogP contribution in [0.15, 0.2) is 41.4 Å². The molecule has 1 atom stereocenters. The van der Waals surface area contributed by atoms with Crippen molar-refractivity contribution in [3.8, 4) is 11.5 Å². The van der Waals surface area contributed by atoms with Gasteiger partial charge in [-0.2, -0.15) is 0 Å². The Morgan fingerprint density at radius 3 is 2.73 bits per heavy atom. The average Bonchev–Trinajstić information content (AvgIpc) is 2.81. The highest BCUT2D eigenvalue weighted by Crippen LogP contribution is 2.40. The Morgan fingerprint density at radius 2 is 1.92 bits per heavy atom. The maximum absolute atomic E-state index is 6.42. The molecule has 0 fully saturated rings. The second-order valence-electron chi connectivity index (χ2n) is 6.18. The van der Waals surface area contributed by atoms with Gasteiger partial charge in [0, 0.05) is 29.1 Å². The van der Waals surface area contributed by atoms with E-state index in [2.05, 4.69) is 15.3 Å². The van der Waals surface area contributed by atoms with Crippen molar-refractivity contribution in [2.45, 2.75) is 12.6 Å². The number of guanidine groups is 1. The Hall–Kier alpha value is -2.93. The lowest BCUT2D eigenvalue weighted by atomic mass is 10.1. The Labute approximate surface area is 154 Å². The predicted octanol–water partition coefficient (Wildman–Crippen LogP) is 3.14. The molecule has 0 radical (unpaired) electrons. The van der Waals surface area contributed by atoms with Crippen LogP contribution in [0, 0.1) is 0 Å². The molecule has 0 saturated carbocycles. The molecule has 3 N–H and O–H groups in total. The van der Waals surface area contributed by atoms with Gasteiger partial charge in [-0.05, 0) is 6.07 Å². The first-order valence-corrected chi connectivity index (χ1v) is 8.75.